The minimum absolute atomic E-state index is 0. The van der Waals surface area contributed by atoms with E-state index < -0.39 is 0 Å². The molecule has 0 saturated carbocycles. The van der Waals surface area contributed by atoms with Crippen LogP contribution in [0.1, 0.15) is 22.3 Å². The smallest absolute Gasteiger partial charge is 0.872 e. The predicted octanol–water partition coefficient (Wildman–Crippen LogP) is 8.07. The van der Waals surface area contributed by atoms with Crippen LogP contribution in [0.3, 0.4) is 0 Å². The van der Waals surface area contributed by atoms with Gasteiger partial charge in [-0.15, -0.1) is 0 Å². The molecule has 0 amide bonds. The fourth-order valence-electron chi connectivity index (χ4n) is 5.50. The molecule has 2 aromatic heterocycles. The second-order valence-corrected chi connectivity index (χ2v) is 13.5. The summed E-state index contributed by atoms with van der Waals surface area (Å²) in [6.07, 6.45) is 0. The fraction of sp³-hybridized carbons (Fsp3) is 0.105. The van der Waals surface area contributed by atoms with Crippen molar-refractivity contribution in [2.24, 2.45) is 0 Å². The number of aryl methyl sites for hydroxylation is 4. The van der Waals surface area contributed by atoms with Gasteiger partial charge in [-0.25, -0.2) is 0 Å². The van der Waals surface area contributed by atoms with Crippen LogP contribution in [0.4, 0.5) is 0 Å². The number of thiazole rings is 2. The van der Waals surface area contributed by atoms with Gasteiger partial charge in [0, 0.05) is 12.1 Å². The second kappa shape index (κ2) is 12.1. The summed E-state index contributed by atoms with van der Waals surface area (Å²) < 4.78 is 2.37. The summed E-state index contributed by atoms with van der Waals surface area (Å²) in [7, 11) is 0. The number of fused-ring (bicyclic) bond motifs is 4. The van der Waals surface area contributed by atoms with E-state index in [4.69, 9.17) is 0 Å². The van der Waals surface area contributed by atoms with E-state index in [9.17, 15) is 10.2 Å². The monoisotopic (exact) mass is 619 g/mol. The van der Waals surface area contributed by atoms with Gasteiger partial charge in [0.15, 0.2) is 0 Å². The summed E-state index contributed by atoms with van der Waals surface area (Å²) in [5.74, 6) is 0.130. The third-order valence-electron chi connectivity index (χ3n) is 8.30. The zero-order chi connectivity index (χ0) is 30.5. The molecule has 0 saturated heterocycles. The Bertz CT molecular complexity index is 2130. The van der Waals surface area contributed by atoms with Crippen LogP contribution in [0.2, 0.25) is 0 Å². The molecule has 0 aliphatic rings. The van der Waals surface area contributed by atoms with Gasteiger partial charge in [0.2, 0.25) is 11.0 Å². The van der Waals surface area contributed by atoms with Gasteiger partial charge in [-0.05, 0) is 95.8 Å². The number of rotatable bonds is 2. The molecule has 7 heteroatoms. The molecule has 0 radical (unpaired) electrons. The molecule has 0 aliphatic heterocycles. The average molecular weight is 620 g/mol. The summed E-state index contributed by atoms with van der Waals surface area (Å²) in [6, 6.07) is 32.0. The molecule has 216 valence electrons. The first-order valence-electron chi connectivity index (χ1n) is 14.5. The number of hydrogen-bond acceptors (Lipinski definition) is 4. The van der Waals surface area contributed by atoms with Crippen molar-refractivity contribution in [2.45, 2.75) is 27.7 Å². The zero-order valence-corrected chi connectivity index (χ0v) is 27.2. The Labute approximate surface area is 273 Å². The van der Waals surface area contributed by atoms with Gasteiger partial charge in [-0.1, -0.05) is 94.8 Å². The molecule has 0 aliphatic carbocycles. The molecule has 0 fully saturated rings. The summed E-state index contributed by atoms with van der Waals surface area (Å²) in [6.45, 7) is 8.44. The first-order valence-corrected chi connectivity index (χ1v) is 16.1. The Morgan fingerprint density at radius 2 is 0.800 bits per heavy atom. The third-order valence-corrected chi connectivity index (χ3v) is 10.5. The molecule has 6 aromatic carbocycles. The molecule has 0 atom stereocenters. The normalized spacial score (nSPS) is 11.1. The van der Waals surface area contributed by atoms with E-state index in [2.05, 4.69) is 61.9 Å². The number of aromatic amines is 2. The molecule has 45 heavy (non-hydrogen) atoms. The molecule has 8 rings (SSSR count). The molecule has 2 heterocycles. The van der Waals surface area contributed by atoms with Gasteiger partial charge < -0.3 is 10.2 Å². The van der Waals surface area contributed by atoms with Crippen molar-refractivity contribution in [2.75, 3.05) is 0 Å². The van der Waals surface area contributed by atoms with E-state index in [0.717, 1.165) is 53.7 Å². The Kier molecular flexibility index (Phi) is 8.15. The molecular weight excluding hydrogens is 590 g/mol. The predicted molar refractivity (Wildman–Crippen MR) is 186 cm³/mol. The number of nitrogens with one attached hydrogen (secondary N) is 2. The van der Waals surface area contributed by atoms with Crippen LogP contribution in [0.15, 0.2) is 97.1 Å². The fourth-order valence-corrected chi connectivity index (χ4v) is 7.71. The van der Waals surface area contributed by atoms with Crippen molar-refractivity contribution in [1.29, 1.82) is 0 Å². The topological polar surface area (TPSA) is 74.4 Å². The van der Waals surface area contributed by atoms with Crippen molar-refractivity contribution in [3.63, 3.8) is 0 Å². The van der Waals surface area contributed by atoms with Crippen molar-refractivity contribution in [3.05, 3.63) is 119 Å². The summed E-state index contributed by atoms with van der Waals surface area (Å²) >= 11 is 3.28. The van der Waals surface area contributed by atoms with Crippen LogP contribution in [-0.4, -0.2) is 10.1 Å². The molecule has 0 unspecified atom stereocenters. The van der Waals surface area contributed by atoms with Gasteiger partial charge in [0.05, 0.1) is 11.1 Å². The number of benzene rings is 6. The molecule has 0 spiro atoms. The van der Waals surface area contributed by atoms with Crippen LogP contribution in [0.25, 0.3) is 63.1 Å². The van der Waals surface area contributed by atoms with E-state index in [1.807, 2.05) is 60.7 Å². The first-order chi connectivity index (χ1) is 21.2. The minimum Gasteiger partial charge on any atom is -0.872 e. The Hall–Kier alpha value is -4.61. The van der Waals surface area contributed by atoms with Gasteiger partial charge in [0.25, 0.3) is 10.0 Å². The largest absolute Gasteiger partial charge is 2.00 e. The maximum atomic E-state index is 12.4. The van der Waals surface area contributed by atoms with Crippen LogP contribution in [-0.2, 0) is 0 Å². The third kappa shape index (κ3) is 5.81. The quantitative estimate of drug-likeness (QED) is 0.184. The van der Waals surface area contributed by atoms with E-state index >= 15 is 0 Å². The van der Waals surface area contributed by atoms with E-state index in [0.29, 0.717) is 0 Å². The van der Waals surface area contributed by atoms with E-state index in [1.165, 1.54) is 31.7 Å². The Balaban J connectivity index is 0.000000155. The summed E-state index contributed by atoms with van der Waals surface area (Å²) in [5.41, 5.74) is 8.74. The molecular formula is C38H30BeN2O2S2+2. The van der Waals surface area contributed by atoms with Crippen LogP contribution < -0.4 is 20.2 Å². The second-order valence-electron chi connectivity index (χ2n) is 11.4. The maximum absolute atomic E-state index is 12.4. The first kappa shape index (κ1) is 30.4. The molecule has 4 nitrogen and oxygen atoms in total. The average Bonchev–Trinajstić information content (AvgIpc) is 3.60. The SMILES string of the molecule is Cc1cc2[nH+]c(-c3cc4ccccc4cc3[O-])sc2cc1C.Cc1cc2[nH+]c(-c3cc4ccccc4cc3[O-])sc2cc1C.[Be+2]. The van der Waals surface area contributed by atoms with Gasteiger partial charge >= 0.3 is 10.1 Å². The van der Waals surface area contributed by atoms with Crippen molar-refractivity contribution < 1.29 is 20.2 Å². The van der Waals surface area contributed by atoms with E-state index in [1.54, 1.807) is 34.8 Å². The van der Waals surface area contributed by atoms with Crippen molar-refractivity contribution in [1.82, 2.24) is 0 Å². The molecule has 8 aromatic rings. The van der Waals surface area contributed by atoms with Crippen molar-refractivity contribution >= 4 is 74.8 Å². The molecule has 0 bridgehead atoms. The van der Waals surface area contributed by atoms with E-state index in [-0.39, 0.29) is 21.6 Å². The van der Waals surface area contributed by atoms with Gasteiger partial charge in [-0.2, -0.15) is 9.97 Å². The zero-order valence-electron chi connectivity index (χ0n) is 25.6. The minimum atomic E-state index is 0. The maximum Gasteiger partial charge on any atom is 2.00 e. The van der Waals surface area contributed by atoms with Crippen molar-refractivity contribution in [3.8, 4) is 32.6 Å². The van der Waals surface area contributed by atoms with Gasteiger partial charge in [0.1, 0.15) is 9.40 Å². The number of H-pyrrole nitrogens is 2. The number of aromatic nitrogens is 2. The summed E-state index contributed by atoms with van der Waals surface area (Å²) in [5, 5.41) is 30.9. The summed E-state index contributed by atoms with van der Waals surface area (Å²) in [4.78, 5) is 6.81. The Morgan fingerprint density at radius 1 is 0.467 bits per heavy atom. The van der Waals surface area contributed by atoms with Crippen LogP contribution in [0, 0.1) is 27.7 Å². The molecule has 2 N–H and O–H groups in total. The van der Waals surface area contributed by atoms with Crippen LogP contribution >= 0.6 is 22.7 Å². The Morgan fingerprint density at radius 3 is 1.18 bits per heavy atom. The number of hydrogen-bond donors (Lipinski definition) is 0. The van der Waals surface area contributed by atoms with Crippen LogP contribution in [0.5, 0.6) is 11.5 Å². The van der Waals surface area contributed by atoms with Gasteiger partial charge in [-0.3, -0.25) is 0 Å². The standard InChI is InChI=1S/2C19H15NOS.Be/c2*1-11-7-16-18(8-12(11)2)22-19(20-16)15-9-13-5-3-4-6-14(13)10-17(15)21;/h2*3-10,21H,1-2H3;/q;;+2.